The van der Waals surface area contributed by atoms with E-state index in [9.17, 15) is 18.8 Å². The fourth-order valence-corrected chi connectivity index (χ4v) is 7.16. The predicted molar refractivity (Wildman–Crippen MR) is 128 cm³/mol. The number of hydrogen-bond donors (Lipinski definition) is 0. The van der Waals surface area contributed by atoms with E-state index >= 15 is 0 Å². The Bertz CT molecular complexity index is 1080. The summed E-state index contributed by atoms with van der Waals surface area (Å²) in [5, 5.41) is 0. The molecule has 2 saturated heterocycles. The second-order valence-electron chi connectivity index (χ2n) is 9.37. The molecule has 2 aromatic carbocycles. The molecule has 7 heteroatoms. The van der Waals surface area contributed by atoms with E-state index in [0.29, 0.717) is 30.1 Å². The van der Waals surface area contributed by atoms with Gasteiger partial charge in [-0.15, -0.1) is 11.8 Å². The van der Waals surface area contributed by atoms with Crippen LogP contribution in [0.4, 0.5) is 4.39 Å². The van der Waals surface area contributed by atoms with Gasteiger partial charge in [0.15, 0.2) is 12.4 Å². The Balaban J connectivity index is 1.23. The molecule has 2 aliphatic heterocycles. The van der Waals surface area contributed by atoms with Gasteiger partial charge >= 0.3 is 5.97 Å². The van der Waals surface area contributed by atoms with Crippen molar-refractivity contribution >= 4 is 29.4 Å². The Kier molecular flexibility index (Phi) is 6.47. The molecule has 0 aromatic heterocycles. The molecule has 1 aliphatic carbocycles. The van der Waals surface area contributed by atoms with Gasteiger partial charge in [0, 0.05) is 17.7 Å². The Hall–Kier alpha value is -2.67. The molecule has 0 unspecified atom stereocenters. The van der Waals surface area contributed by atoms with Gasteiger partial charge in [0.1, 0.15) is 16.7 Å². The molecule has 3 aliphatic rings. The highest BCUT2D eigenvalue weighted by Gasteiger charge is 2.57. The summed E-state index contributed by atoms with van der Waals surface area (Å²) < 4.78 is 18.8. The van der Waals surface area contributed by atoms with Gasteiger partial charge in [0.2, 0.25) is 5.91 Å². The normalized spacial score (nSPS) is 24.8. The number of halogens is 1. The van der Waals surface area contributed by atoms with Gasteiger partial charge in [0.05, 0.1) is 0 Å². The number of carbonyl (C=O) groups excluding carboxylic acids is 3. The van der Waals surface area contributed by atoms with Crippen molar-refractivity contribution in [2.24, 2.45) is 0 Å². The lowest BCUT2D eigenvalue weighted by molar-refractivity contribution is -0.152. The zero-order valence-corrected chi connectivity index (χ0v) is 19.8. The van der Waals surface area contributed by atoms with Crippen LogP contribution in [0, 0.1) is 5.82 Å². The van der Waals surface area contributed by atoms with E-state index < -0.39 is 16.9 Å². The van der Waals surface area contributed by atoms with E-state index in [1.807, 2.05) is 24.3 Å². The monoisotopic (exact) mass is 481 g/mol. The lowest BCUT2D eigenvalue weighted by Gasteiger charge is -2.33. The zero-order chi connectivity index (χ0) is 23.7. The summed E-state index contributed by atoms with van der Waals surface area (Å²) in [5.74, 6) is -0.353. The maximum absolute atomic E-state index is 13.4. The number of carbonyl (C=O) groups is 3. The maximum Gasteiger partial charge on any atom is 0.330 e. The molecule has 0 bridgehead atoms. The SMILES string of the molecule is O=C(COC(=O)[C@@H]1CS[C@]2(c3ccc(F)cc3)CCC(=O)N12)c1ccc(C2CCCCC2)cc1. The predicted octanol–water partition coefficient (Wildman–Crippen LogP) is 5.19. The number of esters is 1. The van der Waals surface area contributed by atoms with Crippen LogP contribution >= 0.6 is 11.8 Å². The highest BCUT2D eigenvalue weighted by atomic mass is 32.2. The standard InChI is InChI=1S/C27H28FNO4S/c28-22-12-10-21(11-13-22)27-15-14-25(31)29(27)23(17-34-27)26(32)33-16-24(30)20-8-6-19(7-9-20)18-4-2-1-3-5-18/h6-13,18,23H,1-5,14-17H2/t23-,27-/m0/s1. The van der Waals surface area contributed by atoms with E-state index in [1.54, 1.807) is 17.0 Å². The number of nitrogens with zero attached hydrogens (tertiary/aromatic N) is 1. The van der Waals surface area contributed by atoms with Crippen LogP contribution < -0.4 is 0 Å². The molecule has 5 rings (SSSR count). The first-order valence-corrected chi connectivity index (χ1v) is 13.0. The molecule has 0 radical (unpaired) electrons. The van der Waals surface area contributed by atoms with Crippen LogP contribution in [-0.2, 0) is 19.2 Å². The lowest BCUT2D eigenvalue weighted by Crippen LogP contribution is -2.47. The quantitative estimate of drug-likeness (QED) is 0.420. The Morgan fingerprint density at radius 1 is 1.03 bits per heavy atom. The molecular weight excluding hydrogens is 453 g/mol. The van der Waals surface area contributed by atoms with Crippen molar-refractivity contribution in [2.45, 2.75) is 61.8 Å². The second-order valence-corrected chi connectivity index (χ2v) is 10.7. The van der Waals surface area contributed by atoms with Crippen molar-refractivity contribution in [2.75, 3.05) is 12.4 Å². The van der Waals surface area contributed by atoms with Gasteiger partial charge < -0.3 is 9.64 Å². The van der Waals surface area contributed by atoms with E-state index in [-0.39, 0.29) is 24.1 Å². The van der Waals surface area contributed by atoms with Crippen molar-refractivity contribution in [3.05, 3.63) is 71.0 Å². The first kappa shape index (κ1) is 23.1. The summed E-state index contributed by atoms with van der Waals surface area (Å²) in [6.45, 7) is -0.353. The number of Topliss-reactive ketones (excluding diaryl/α,β-unsaturated/α-hetero) is 1. The summed E-state index contributed by atoms with van der Waals surface area (Å²) in [7, 11) is 0. The third-order valence-corrected chi connectivity index (χ3v) is 8.95. The zero-order valence-electron chi connectivity index (χ0n) is 19.0. The highest BCUT2D eigenvalue weighted by molar-refractivity contribution is 8.00. The lowest BCUT2D eigenvalue weighted by atomic mass is 9.84. The Labute approximate surface area is 203 Å². The molecule has 5 nitrogen and oxygen atoms in total. The average molecular weight is 482 g/mol. The topological polar surface area (TPSA) is 63.7 Å². The third kappa shape index (κ3) is 4.26. The number of benzene rings is 2. The number of ether oxygens (including phenoxy) is 1. The van der Waals surface area contributed by atoms with E-state index in [2.05, 4.69) is 0 Å². The van der Waals surface area contributed by atoms with E-state index in [1.165, 1.54) is 61.6 Å². The van der Waals surface area contributed by atoms with Crippen LogP contribution in [0.15, 0.2) is 48.5 Å². The van der Waals surface area contributed by atoms with Crippen LogP contribution in [0.1, 0.15) is 72.3 Å². The number of thioether (sulfide) groups is 1. The van der Waals surface area contributed by atoms with Crippen LogP contribution in [-0.4, -0.2) is 41.0 Å². The summed E-state index contributed by atoms with van der Waals surface area (Å²) in [4.78, 5) is 39.2. The van der Waals surface area contributed by atoms with Crippen LogP contribution in [0.5, 0.6) is 0 Å². The van der Waals surface area contributed by atoms with E-state index in [0.717, 1.165) is 5.56 Å². The van der Waals surface area contributed by atoms with Crippen LogP contribution in [0.3, 0.4) is 0 Å². The van der Waals surface area contributed by atoms with Crippen LogP contribution in [0.25, 0.3) is 0 Å². The molecule has 2 heterocycles. The van der Waals surface area contributed by atoms with Crippen molar-refractivity contribution in [3.8, 4) is 0 Å². The molecule has 178 valence electrons. The minimum absolute atomic E-state index is 0.124. The first-order chi connectivity index (χ1) is 16.5. The molecule has 0 N–H and O–H groups in total. The number of ketones is 1. The molecule has 1 saturated carbocycles. The molecule has 3 fully saturated rings. The molecule has 2 aromatic rings. The summed E-state index contributed by atoms with van der Waals surface area (Å²) >= 11 is 1.50. The van der Waals surface area contributed by atoms with Gasteiger partial charge in [-0.3, -0.25) is 9.59 Å². The minimum atomic E-state index is -0.758. The number of amides is 1. The number of hydrogen-bond acceptors (Lipinski definition) is 5. The molecule has 2 atom stereocenters. The third-order valence-electron chi connectivity index (χ3n) is 7.35. The average Bonchev–Trinajstić information content (AvgIpc) is 3.42. The summed E-state index contributed by atoms with van der Waals surface area (Å²) in [6, 6.07) is 13.0. The van der Waals surface area contributed by atoms with Crippen molar-refractivity contribution in [3.63, 3.8) is 0 Å². The Morgan fingerprint density at radius 2 is 1.74 bits per heavy atom. The number of rotatable bonds is 6. The molecule has 34 heavy (non-hydrogen) atoms. The van der Waals surface area contributed by atoms with Gasteiger partial charge in [-0.1, -0.05) is 55.7 Å². The van der Waals surface area contributed by atoms with Gasteiger partial charge in [0.25, 0.3) is 0 Å². The fourth-order valence-electron chi connectivity index (χ4n) is 5.52. The highest BCUT2D eigenvalue weighted by Crippen LogP contribution is 2.54. The first-order valence-electron chi connectivity index (χ1n) is 12.0. The fraction of sp³-hybridized carbons (Fsp3) is 0.444. The smallest absolute Gasteiger partial charge is 0.330 e. The van der Waals surface area contributed by atoms with Gasteiger partial charge in [-0.25, -0.2) is 9.18 Å². The van der Waals surface area contributed by atoms with E-state index in [4.69, 9.17) is 4.74 Å². The second kappa shape index (κ2) is 9.53. The van der Waals surface area contributed by atoms with Crippen LogP contribution in [0.2, 0.25) is 0 Å². The molecule has 1 amide bonds. The molecular formula is C27H28FNO4S. The molecule has 0 spiro atoms. The Morgan fingerprint density at radius 3 is 2.44 bits per heavy atom. The van der Waals surface area contributed by atoms with Crippen molar-refractivity contribution < 1.29 is 23.5 Å². The largest absolute Gasteiger partial charge is 0.456 e. The number of fused-ring (bicyclic) bond motifs is 1. The summed E-state index contributed by atoms with van der Waals surface area (Å²) in [6.07, 6.45) is 7.06. The maximum atomic E-state index is 13.4. The van der Waals surface area contributed by atoms with Gasteiger partial charge in [-0.05, 0) is 48.4 Å². The summed E-state index contributed by atoms with van der Waals surface area (Å²) in [5.41, 5.74) is 2.58. The van der Waals surface area contributed by atoms with Gasteiger partial charge in [-0.2, -0.15) is 0 Å². The minimum Gasteiger partial charge on any atom is -0.456 e. The van der Waals surface area contributed by atoms with Crippen molar-refractivity contribution in [1.29, 1.82) is 0 Å². The van der Waals surface area contributed by atoms with Crippen molar-refractivity contribution in [1.82, 2.24) is 4.90 Å².